The summed E-state index contributed by atoms with van der Waals surface area (Å²) in [4.78, 5) is 11.4. The highest BCUT2D eigenvalue weighted by atomic mass is 16.1. The SMILES string of the molecule is CCC(C)C(=O)CCNC(C)(C)C. The highest BCUT2D eigenvalue weighted by Gasteiger charge is 2.12. The molecule has 0 heterocycles. The molecule has 0 bridgehead atoms. The molecule has 0 radical (unpaired) electrons. The van der Waals surface area contributed by atoms with E-state index in [-0.39, 0.29) is 11.5 Å². The van der Waals surface area contributed by atoms with Crippen molar-refractivity contribution < 1.29 is 4.79 Å². The molecule has 78 valence electrons. The third-order valence-corrected chi connectivity index (χ3v) is 2.19. The van der Waals surface area contributed by atoms with E-state index < -0.39 is 0 Å². The first-order valence-corrected chi connectivity index (χ1v) is 5.14. The molecule has 0 aromatic heterocycles. The van der Waals surface area contributed by atoms with E-state index in [4.69, 9.17) is 0 Å². The quantitative estimate of drug-likeness (QED) is 0.712. The van der Waals surface area contributed by atoms with Gasteiger partial charge in [-0.3, -0.25) is 4.79 Å². The Kier molecular flexibility index (Phi) is 5.23. The predicted octanol–water partition coefficient (Wildman–Crippen LogP) is 2.38. The molecule has 0 aromatic carbocycles. The van der Waals surface area contributed by atoms with E-state index in [9.17, 15) is 4.79 Å². The van der Waals surface area contributed by atoms with Gasteiger partial charge < -0.3 is 5.32 Å². The van der Waals surface area contributed by atoms with Crippen molar-refractivity contribution in [2.45, 2.75) is 53.0 Å². The summed E-state index contributed by atoms with van der Waals surface area (Å²) in [6.45, 7) is 11.2. The van der Waals surface area contributed by atoms with E-state index in [0.29, 0.717) is 12.2 Å². The maximum absolute atomic E-state index is 11.4. The Morgan fingerprint density at radius 3 is 2.31 bits per heavy atom. The summed E-state index contributed by atoms with van der Waals surface area (Å²) in [7, 11) is 0. The Morgan fingerprint density at radius 1 is 1.38 bits per heavy atom. The summed E-state index contributed by atoms with van der Waals surface area (Å²) >= 11 is 0. The van der Waals surface area contributed by atoms with Crippen molar-refractivity contribution in [2.24, 2.45) is 5.92 Å². The van der Waals surface area contributed by atoms with Crippen LogP contribution in [0.3, 0.4) is 0 Å². The maximum Gasteiger partial charge on any atom is 0.136 e. The lowest BCUT2D eigenvalue weighted by Crippen LogP contribution is -2.37. The summed E-state index contributed by atoms with van der Waals surface area (Å²) in [5.41, 5.74) is 0.121. The third kappa shape index (κ3) is 6.76. The molecule has 2 heteroatoms. The van der Waals surface area contributed by atoms with Crippen LogP contribution >= 0.6 is 0 Å². The van der Waals surface area contributed by atoms with E-state index in [2.05, 4.69) is 33.0 Å². The number of rotatable bonds is 5. The smallest absolute Gasteiger partial charge is 0.136 e. The first kappa shape index (κ1) is 12.6. The fourth-order valence-electron chi connectivity index (χ4n) is 1.03. The van der Waals surface area contributed by atoms with Crippen LogP contribution in [-0.2, 0) is 4.79 Å². The minimum Gasteiger partial charge on any atom is -0.312 e. The van der Waals surface area contributed by atoms with Gasteiger partial charge in [0.15, 0.2) is 0 Å². The second-order valence-electron chi connectivity index (χ2n) is 4.70. The van der Waals surface area contributed by atoms with Crippen LogP contribution in [-0.4, -0.2) is 17.9 Å². The summed E-state index contributed by atoms with van der Waals surface area (Å²) in [6, 6.07) is 0. The molecule has 0 saturated carbocycles. The van der Waals surface area contributed by atoms with Gasteiger partial charge in [-0.05, 0) is 27.2 Å². The van der Waals surface area contributed by atoms with Crippen LogP contribution in [0.15, 0.2) is 0 Å². The molecular formula is C11H23NO. The monoisotopic (exact) mass is 185 g/mol. The van der Waals surface area contributed by atoms with Crippen LogP contribution in [0, 0.1) is 5.92 Å². The second-order valence-corrected chi connectivity index (χ2v) is 4.70. The average molecular weight is 185 g/mol. The molecule has 0 aliphatic rings. The fraction of sp³-hybridized carbons (Fsp3) is 0.909. The molecule has 1 N–H and O–H groups in total. The Labute approximate surface area is 82.1 Å². The molecule has 1 unspecified atom stereocenters. The summed E-state index contributed by atoms with van der Waals surface area (Å²) in [5.74, 6) is 0.598. The van der Waals surface area contributed by atoms with E-state index in [1.165, 1.54) is 0 Å². The number of carbonyl (C=O) groups is 1. The minimum atomic E-state index is 0.121. The molecule has 0 aliphatic carbocycles. The van der Waals surface area contributed by atoms with Gasteiger partial charge in [0, 0.05) is 24.4 Å². The maximum atomic E-state index is 11.4. The molecule has 0 rings (SSSR count). The van der Waals surface area contributed by atoms with Crippen LogP contribution in [0.4, 0.5) is 0 Å². The van der Waals surface area contributed by atoms with Gasteiger partial charge in [-0.2, -0.15) is 0 Å². The number of hydrogen-bond acceptors (Lipinski definition) is 2. The average Bonchev–Trinajstić information content (AvgIpc) is 2.00. The second kappa shape index (κ2) is 5.38. The highest BCUT2D eigenvalue weighted by molar-refractivity contribution is 5.80. The van der Waals surface area contributed by atoms with Crippen LogP contribution in [0.2, 0.25) is 0 Å². The van der Waals surface area contributed by atoms with E-state index >= 15 is 0 Å². The lowest BCUT2D eigenvalue weighted by atomic mass is 10.0. The lowest BCUT2D eigenvalue weighted by Gasteiger charge is -2.20. The normalized spacial score (nSPS) is 14.2. The van der Waals surface area contributed by atoms with Gasteiger partial charge >= 0.3 is 0 Å². The number of nitrogens with one attached hydrogen (secondary N) is 1. The minimum absolute atomic E-state index is 0.121. The zero-order chi connectivity index (χ0) is 10.5. The summed E-state index contributed by atoms with van der Waals surface area (Å²) in [5, 5.41) is 3.31. The van der Waals surface area contributed by atoms with Gasteiger partial charge in [-0.1, -0.05) is 13.8 Å². The van der Waals surface area contributed by atoms with Gasteiger partial charge in [-0.25, -0.2) is 0 Å². The van der Waals surface area contributed by atoms with Crippen molar-refractivity contribution in [2.75, 3.05) is 6.54 Å². The zero-order valence-corrected chi connectivity index (χ0v) is 9.61. The molecule has 0 saturated heterocycles. The molecule has 1 atom stereocenters. The Balaban J connectivity index is 3.60. The van der Waals surface area contributed by atoms with Crippen molar-refractivity contribution in [1.29, 1.82) is 0 Å². The largest absolute Gasteiger partial charge is 0.312 e. The van der Waals surface area contributed by atoms with Gasteiger partial charge in [0.25, 0.3) is 0 Å². The molecule has 2 nitrogen and oxygen atoms in total. The van der Waals surface area contributed by atoms with Crippen LogP contribution < -0.4 is 5.32 Å². The van der Waals surface area contributed by atoms with Crippen molar-refractivity contribution in [3.05, 3.63) is 0 Å². The van der Waals surface area contributed by atoms with Crippen molar-refractivity contribution in [1.82, 2.24) is 5.32 Å². The lowest BCUT2D eigenvalue weighted by molar-refractivity contribution is -0.122. The van der Waals surface area contributed by atoms with Gasteiger partial charge in [-0.15, -0.1) is 0 Å². The summed E-state index contributed by atoms with van der Waals surface area (Å²) in [6.07, 6.45) is 1.61. The number of hydrogen-bond donors (Lipinski definition) is 1. The van der Waals surface area contributed by atoms with Gasteiger partial charge in [0.2, 0.25) is 0 Å². The van der Waals surface area contributed by atoms with Crippen LogP contribution in [0.25, 0.3) is 0 Å². The van der Waals surface area contributed by atoms with Crippen LogP contribution in [0.1, 0.15) is 47.5 Å². The fourth-order valence-corrected chi connectivity index (χ4v) is 1.03. The van der Waals surface area contributed by atoms with E-state index in [1.807, 2.05) is 6.92 Å². The van der Waals surface area contributed by atoms with Crippen LogP contribution in [0.5, 0.6) is 0 Å². The van der Waals surface area contributed by atoms with Crippen molar-refractivity contribution >= 4 is 5.78 Å². The first-order chi connectivity index (χ1) is 5.87. The molecule has 0 aromatic rings. The predicted molar refractivity (Wildman–Crippen MR) is 56.8 cm³/mol. The molecule has 13 heavy (non-hydrogen) atoms. The molecule has 0 aliphatic heterocycles. The van der Waals surface area contributed by atoms with Crippen molar-refractivity contribution in [3.8, 4) is 0 Å². The molecular weight excluding hydrogens is 162 g/mol. The Bertz CT molecular complexity index is 158. The molecule has 0 fully saturated rings. The zero-order valence-electron chi connectivity index (χ0n) is 9.61. The summed E-state index contributed by atoms with van der Waals surface area (Å²) < 4.78 is 0. The topological polar surface area (TPSA) is 29.1 Å². The molecule has 0 spiro atoms. The molecule has 0 amide bonds. The first-order valence-electron chi connectivity index (χ1n) is 5.14. The Hall–Kier alpha value is -0.370. The van der Waals surface area contributed by atoms with Gasteiger partial charge in [0.05, 0.1) is 0 Å². The standard InChI is InChI=1S/C11H23NO/c1-6-9(2)10(13)7-8-12-11(3,4)5/h9,12H,6-8H2,1-5H3. The Morgan fingerprint density at radius 2 is 1.92 bits per heavy atom. The van der Waals surface area contributed by atoms with E-state index in [0.717, 1.165) is 13.0 Å². The van der Waals surface area contributed by atoms with Crippen molar-refractivity contribution in [3.63, 3.8) is 0 Å². The van der Waals surface area contributed by atoms with Gasteiger partial charge in [0.1, 0.15) is 5.78 Å². The third-order valence-electron chi connectivity index (χ3n) is 2.19. The number of Topliss-reactive ketones (excluding diaryl/α,β-unsaturated/α-hetero) is 1. The number of ketones is 1. The van der Waals surface area contributed by atoms with E-state index in [1.54, 1.807) is 0 Å². The highest BCUT2D eigenvalue weighted by Crippen LogP contribution is 2.05. The number of carbonyl (C=O) groups excluding carboxylic acids is 1.